The van der Waals surface area contributed by atoms with E-state index in [1.807, 2.05) is 22.4 Å². The number of halogens is 3. The summed E-state index contributed by atoms with van der Waals surface area (Å²) >= 11 is 1.63. The van der Waals surface area contributed by atoms with Gasteiger partial charge in [0.1, 0.15) is 0 Å². The van der Waals surface area contributed by atoms with Crippen molar-refractivity contribution in [3.63, 3.8) is 0 Å². The summed E-state index contributed by atoms with van der Waals surface area (Å²) in [5.41, 5.74) is -0.123. The van der Waals surface area contributed by atoms with Crippen LogP contribution in [0.3, 0.4) is 0 Å². The van der Waals surface area contributed by atoms with Crippen LogP contribution in [0.5, 0.6) is 0 Å². The summed E-state index contributed by atoms with van der Waals surface area (Å²) in [6.45, 7) is 0.705. The Morgan fingerprint density at radius 2 is 1.85 bits per heavy atom. The van der Waals surface area contributed by atoms with Crippen LogP contribution in [0.15, 0.2) is 70.9 Å². The van der Waals surface area contributed by atoms with E-state index in [1.165, 1.54) is 17.0 Å². The lowest BCUT2D eigenvalue weighted by molar-refractivity contribution is -0.137. The van der Waals surface area contributed by atoms with Gasteiger partial charge in [-0.3, -0.25) is 9.52 Å². The number of hydrogen-bond donors (Lipinski definition) is 1. The van der Waals surface area contributed by atoms with Crippen LogP contribution in [-0.4, -0.2) is 25.8 Å². The molecule has 0 spiro atoms. The summed E-state index contributed by atoms with van der Waals surface area (Å²) in [5, 5.41) is 2.00. The Kier molecular flexibility index (Phi) is 6.49. The second-order valence-corrected chi connectivity index (χ2v) is 10.4. The number of benzene rings is 2. The van der Waals surface area contributed by atoms with Crippen molar-refractivity contribution in [2.75, 3.05) is 11.3 Å². The molecule has 1 atom stereocenters. The van der Waals surface area contributed by atoms with Crippen molar-refractivity contribution >= 4 is 33.0 Å². The molecule has 2 aromatic carbocycles. The molecule has 0 aliphatic carbocycles. The monoisotopic (exact) mass is 494 g/mol. The van der Waals surface area contributed by atoms with Crippen molar-refractivity contribution in [2.45, 2.75) is 36.4 Å². The molecule has 1 aromatic heterocycles. The van der Waals surface area contributed by atoms with Gasteiger partial charge in [0.05, 0.1) is 22.9 Å². The summed E-state index contributed by atoms with van der Waals surface area (Å²) in [6.07, 6.45) is -2.58. The number of rotatable bonds is 6. The van der Waals surface area contributed by atoms with Crippen LogP contribution < -0.4 is 4.72 Å². The fourth-order valence-electron chi connectivity index (χ4n) is 3.86. The molecule has 0 saturated carbocycles. The second-order valence-electron chi connectivity index (χ2n) is 7.77. The van der Waals surface area contributed by atoms with E-state index in [1.54, 1.807) is 23.5 Å². The summed E-state index contributed by atoms with van der Waals surface area (Å²) in [7, 11) is -4.20. The van der Waals surface area contributed by atoms with Crippen molar-refractivity contribution in [2.24, 2.45) is 0 Å². The maximum atomic E-state index is 12.9. The number of carbonyl (C=O) groups is 1. The molecule has 1 aliphatic heterocycles. The van der Waals surface area contributed by atoms with Crippen LogP contribution in [0.25, 0.3) is 0 Å². The van der Waals surface area contributed by atoms with E-state index >= 15 is 0 Å². The number of amides is 1. The molecule has 10 heteroatoms. The largest absolute Gasteiger partial charge is 0.416 e. The lowest BCUT2D eigenvalue weighted by atomic mass is 10.1. The predicted molar refractivity (Wildman–Crippen MR) is 120 cm³/mol. The van der Waals surface area contributed by atoms with Gasteiger partial charge in [0.25, 0.3) is 10.0 Å². The van der Waals surface area contributed by atoms with Gasteiger partial charge in [0.2, 0.25) is 5.91 Å². The van der Waals surface area contributed by atoms with E-state index in [4.69, 9.17) is 0 Å². The Hall–Kier alpha value is -2.85. The number of hydrogen-bond acceptors (Lipinski definition) is 4. The highest BCUT2D eigenvalue weighted by Crippen LogP contribution is 2.35. The number of anilines is 1. The third-order valence-corrected chi connectivity index (χ3v) is 7.83. The molecule has 1 amide bonds. The summed E-state index contributed by atoms with van der Waals surface area (Å²) in [5.74, 6) is 0.00296. The molecule has 0 bridgehead atoms. The van der Waals surface area contributed by atoms with Crippen LogP contribution in [-0.2, 0) is 27.4 Å². The topological polar surface area (TPSA) is 66.5 Å². The van der Waals surface area contributed by atoms with Gasteiger partial charge >= 0.3 is 6.18 Å². The van der Waals surface area contributed by atoms with E-state index in [2.05, 4.69) is 4.72 Å². The number of nitrogens with one attached hydrogen (secondary N) is 1. The van der Waals surface area contributed by atoms with E-state index in [-0.39, 0.29) is 24.1 Å². The van der Waals surface area contributed by atoms with E-state index in [0.29, 0.717) is 12.6 Å². The first kappa shape index (κ1) is 23.3. The molecule has 1 fully saturated rings. The van der Waals surface area contributed by atoms with Crippen LogP contribution >= 0.6 is 11.3 Å². The molecular weight excluding hydrogens is 473 g/mol. The minimum Gasteiger partial charge on any atom is -0.335 e. The summed E-state index contributed by atoms with van der Waals surface area (Å²) in [6, 6.07) is 13.9. The Labute approximate surface area is 193 Å². The van der Waals surface area contributed by atoms with E-state index < -0.39 is 26.7 Å². The number of likely N-dealkylation sites (tertiary alicyclic amines) is 1. The maximum Gasteiger partial charge on any atom is 0.416 e. The van der Waals surface area contributed by atoms with Gasteiger partial charge in [-0.1, -0.05) is 24.3 Å². The average Bonchev–Trinajstić information content (AvgIpc) is 3.46. The molecule has 2 heterocycles. The highest BCUT2D eigenvalue weighted by molar-refractivity contribution is 7.92. The van der Waals surface area contributed by atoms with E-state index in [9.17, 15) is 26.4 Å². The molecule has 1 saturated heterocycles. The molecule has 1 aliphatic rings. The average molecular weight is 495 g/mol. The zero-order valence-electron chi connectivity index (χ0n) is 17.4. The lowest BCUT2D eigenvalue weighted by Crippen LogP contribution is -2.31. The first-order valence-electron chi connectivity index (χ1n) is 10.3. The molecule has 1 N–H and O–H groups in total. The Morgan fingerprint density at radius 3 is 2.52 bits per heavy atom. The Morgan fingerprint density at radius 1 is 1.09 bits per heavy atom. The fourth-order valence-corrected chi connectivity index (χ4v) is 5.84. The van der Waals surface area contributed by atoms with Crippen molar-refractivity contribution in [1.82, 2.24) is 4.90 Å². The number of thiophene rings is 1. The first-order valence-corrected chi connectivity index (χ1v) is 12.6. The second kappa shape index (κ2) is 9.18. The number of carbonyl (C=O) groups excluding carboxylic acids is 1. The minimum absolute atomic E-state index is 0.00296. The van der Waals surface area contributed by atoms with Crippen molar-refractivity contribution in [3.05, 3.63) is 82.0 Å². The van der Waals surface area contributed by atoms with Crippen LogP contribution in [0.1, 0.15) is 34.9 Å². The zero-order chi connectivity index (χ0) is 23.6. The van der Waals surface area contributed by atoms with Gasteiger partial charge in [-0.15, -0.1) is 11.3 Å². The molecule has 174 valence electrons. The predicted octanol–water partition coefficient (Wildman–Crippen LogP) is 5.47. The lowest BCUT2D eigenvalue weighted by Gasteiger charge is -2.24. The van der Waals surface area contributed by atoms with Gasteiger partial charge in [0, 0.05) is 17.1 Å². The standard InChI is InChI=1S/C23H21F3N2O3S2/c24-23(25,26)17-4-1-5-19(15-17)33(30,31)27-18-10-8-16(9-11-18)14-22(29)28-12-2-6-20(28)21-7-3-13-32-21/h1,3-5,7-11,13,15,20,27H,2,6,12,14H2. The van der Waals surface area contributed by atoms with E-state index in [0.717, 1.165) is 36.6 Å². The normalized spacial score (nSPS) is 16.7. The van der Waals surface area contributed by atoms with Gasteiger partial charge in [-0.25, -0.2) is 8.42 Å². The Balaban J connectivity index is 1.43. The van der Waals surface area contributed by atoms with Gasteiger partial charge in [-0.2, -0.15) is 13.2 Å². The first-order chi connectivity index (χ1) is 15.6. The smallest absolute Gasteiger partial charge is 0.335 e. The van der Waals surface area contributed by atoms with Crippen molar-refractivity contribution in [1.29, 1.82) is 0 Å². The van der Waals surface area contributed by atoms with Crippen LogP contribution in [0.4, 0.5) is 18.9 Å². The summed E-state index contributed by atoms with van der Waals surface area (Å²) in [4.78, 5) is 15.4. The zero-order valence-corrected chi connectivity index (χ0v) is 19.0. The molecule has 5 nitrogen and oxygen atoms in total. The fraction of sp³-hybridized carbons (Fsp3) is 0.261. The van der Waals surface area contributed by atoms with Crippen molar-refractivity contribution < 1.29 is 26.4 Å². The minimum atomic E-state index is -4.64. The molecule has 3 aromatic rings. The summed E-state index contributed by atoms with van der Waals surface area (Å²) < 4.78 is 66.0. The molecular formula is C23H21F3N2O3S2. The molecule has 33 heavy (non-hydrogen) atoms. The number of alkyl halides is 3. The van der Waals surface area contributed by atoms with Gasteiger partial charge in [0.15, 0.2) is 0 Å². The van der Waals surface area contributed by atoms with Crippen LogP contribution in [0, 0.1) is 0 Å². The number of sulfonamides is 1. The molecule has 1 unspecified atom stereocenters. The molecule has 0 radical (unpaired) electrons. The SMILES string of the molecule is O=C(Cc1ccc(NS(=O)(=O)c2cccc(C(F)(F)F)c2)cc1)N1CCCC1c1cccs1. The van der Waals surface area contributed by atoms with Crippen LogP contribution in [0.2, 0.25) is 0 Å². The highest BCUT2D eigenvalue weighted by Gasteiger charge is 2.32. The van der Waals surface area contributed by atoms with Crippen molar-refractivity contribution in [3.8, 4) is 0 Å². The maximum absolute atomic E-state index is 12.9. The number of nitrogens with zero attached hydrogens (tertiary/aromatic N) is 1. The van der Waals surface area contributed by atoms with Gasteiger partial charge < -0.3 is 4.90 Å². The Bertz CT molecular complexity index is 1220. The third-order valence-electron chi connectivity index (χ3n) is 5.48. The highest BCUT2D eigenvalue weighted by atomic mass is 32.2. The third kappa shape index (κ3) is 5.39. The quantitative estimate of drug-likeness (QED) is 0.494. The van der Waals surface area contributed by atoms with Gasteiger partial charge in [-0.05, 0) is 60.2 Å². The molecule has 4 rings (SSSR count).